The van der Waals surface area contributed by atoms with Crippen LogP contribution < -0.4 is 10.5 Å². The summed E-state index contributed by atoms with van der Waals surface area (Å²) in [5.74, 6) is 0.695. The number of aromatic nitrogens is 2. The largest absolute Gasteiger partial charge is 0.424 e. The standard InChI is InChI=1S/C17H18N4O2/c18-16(22)21-9-5-13(6-10-21)11-14-3-1-4-15(12-14)23-17-19-7-2-8-20-17/h1-4,7-8,11-12H,5-6,9-10H2,(H2,18,22). The molecule has 3 rings (SSSR count). The first-order valence-corrected chi connectivity index (χ1v) is 7.49. The lowest BCUT2D eigenvalue weighted by molar-refractivity contribution is 0.203. The molecule has 0 saturated carbocycles. The number of hydrogen-bond acceptors (Lipinski definition) is 4. The Labute approximate surface area is 134 Å². The molecule has 1 saturated heterocycles. The molecule has 1 aliphatic heterocycles. The average molecular weight is 310 g/mol. The third-order valence-corrected chi connectivity index (χ3v) is 3.70. The van der Waals surface area contributed by atoms with Crippen LogP contribution >= 0.6 is 0 Å². The molecule has 6 nitrogen and oxygen atoms in total. The van der Waals surface area contributed by atoms with Gasteiger partial charge in [-0.2, -0.15) is 0 Å². The molecule has 1 aliphatic rings. The van der Waals surface area contributed by atoms with Gasteiger partial charge in [-0.05, 0) is 36.6 Å². The molecule has 0 aliphatic carbocycles. The van der Waals surface area contributed by atoms with Crippen LogP contribution in [0.1, 0.15) is 18.4 Å². The van der Waals surface area contributed by atoms with Crippen LogP contribution in [0.15, 0.2) is 48.3 Å². The number of rotatable bonds is 3. The van der Waals surface area contributed by atoms with E-state index >= 15 is 0 Å². The molecular weight excluding hydrogens is 292 g/mol. The van der Waals surface area contributed by atoms with Crippen molar-refractivity contribution in [1.82, 2.24) is 14.9 Å². The number of hydrogen-bond donors (Lipinski definition) is 1. The molecule has 1 fully saturated rings. The highest BCUT2D eigenvalue weighted by Crippen LogP contribution is 2.23. The maximum absolute atomic E-state index is 11.1. The van der Waals surface area contributed by atoms with Crippen molar-refractivity contribution in [2.75, 3.05) is 13.1 Å². The van der Waals surface area contributed by atoms with Crippen LogP contribution in [-0.4, -0.2) is 34.0 Å². The number of carbonyl (C=O) groups excluding carboxylic acids is 1. The zero-order valence-corrected chi connectivity index (χ0v) is 12.7. The summed E-state index contributed by atoms with van der Waals surface area (Å²) in [7, 11) is 0. The fraction of sp³-hybridized carbons (Fsp3) is 0.235. The van der Waals surface area contributed by atoms with Crippen molar-refractivity contribution in [3.63, 3.8) is 0 Å². The van der Waals surface area contributed by atoms with Gasteiger partial charge < -0.3 is 15.4 Å². The topological polar surface area (TPSA) is 81.3 Å². The third kappa shape index (κ3) is 4.06. The monoisotopic (exact) mass is 310 g/mol. The molecule has 1 aromatic carbocycles. The zero-order valence-electron chi connectivity index (χ0n) is 12.7. The van der Waals surface area contributed by atoms with Crippen molar-refractivity contribution in [2.24, 2.45) is 5.73 Å². The van der Waals surface area contributed by atoms with Crippen LogP contribution in [0.3, 0.4) is 0 Å². The van der Waals surface area contributed by atoms with Crippen LogP contribution in [0.4, 0.5) is 4.79 Å². The second-order valence-electron chi connectivity index (χ2n) is 5.33. The lowest BCUT2D eigenvalue weighted by Crippen LogP contribution is -2.39. The SMILES string of the molecule is NC(=O)N1CCC(=Cc2cccc(Oc3ncccn3)c2)CC1. The van der Waals surface area contributed by atoms with Gasteiger partial charge in [-0.1, -0.05) is 23.8 Å². The quantitative estimate of drug-likeness (QED) is 0.945. The van der Waals surface area contributed by atoms with Gasteiger partial charge >= 0.3 is 12.0 Å². The summed E-state index contributed by atoms with van der Waals surface area (Å²) in [5.41, 5.74) is 7.66. The molecule has 2 heterocycles. The van der Waals surface area contributed by atoms with Crippen molar-refractivity contribution in [2.45, 2.75) is 12.8 Å². The number of piperidine rings is 1. The van der Waals surface area contributed by atoms with Crippen LogP contribution in [0, 0.1) is 0 Å². The highest BCUT2D eigenvalue weighted by atomic mass is 16.5. The molecular formula is C17H18N4O2. The summed E-state index contributed by atoms with van der Waals surface area (Å²) in [6.07, 6.45) is 7.10. The van der Waals surface area contributed by atoms with E-state index in [2.05, 4.69) is 16.0 Å². The van der Waals surface area contributed by atoms with Crippen molar-refractivity contribution in [3.8, 4) is 11.8 Å². The minimum atomic E-state index is -0.345. The molecule has 0 unspecified atom stereocenters. The molecule has 6 heteroatoms. The van der Waals surface area contributed by atoms with Gasteiger partial charge in [0.05, 0.1) is 0 Å². The Balaban J connectivity index is 1.68. The van der Waals surface area contributed by atoms with Gasteiger partial charge in [0.1, 0.15) is 5.75 Å². The van der Waals surface area contributed by atoms with Gasteiger partial charge in [0.15, 0.2) is 0 Å². The van der Waals surface area contributed by atoms with E-state index in [9.17, 15) is 4.79 Å². The maximum atomic E-state index is 11.1. The molecule has 1 aromatic heterocycles. The Morgan fingerprint density at radius 1 is 1.17 bits per heavy atom. The zero-order chi connectivity index (χ0) is 16.1. The summed E-state index contributed by atoms with van der Waals surface area (Å²) >= 11 is 0. The predicted octanol–water partition coefficient (Wildman–Crippen LogP) is 2.83. The Bertz CT molecular complexity index is 706. The second-order valence-corrected chi connectivity index (χ2v) is 5.33. The van der Waals surface area contributed by atoms with Crippen molar-refractivity contribution >= 4 is 12.1 Å². The highest BCUT2D eigenvalue weighted by Gasteiger charge is 2.16. The molecule has 0 spiro atoms. The van der Waals surface area contributed by atoms with Gasteiger partial charge in [0.2, 0.25) is 0 Å². The lowest BCUT2D eigenvalue weighted by Gasteiger charge is -2.26. The van der Waals surface area contributed by atoms with E-state index in [0.717, 1.165) is 18.4 Å². The number of primary amides is 1. The summed E-state index contributed by atoms with van der Waals surface area (Å²) in [5, 5.41) is 0. The van der Waals surface area contributed by atoms with Crippen LogP contribution in [0.2, 0.25) is 0 Å². The van der Waals surface area contributed by atoms with Gasteiger partial charge in [0, 0.05) is 25.5 Å². The minimum absolute atomic E-state index is 0.326. The fourth-order valence-corrected chi connectivity index (χ4v) is 2.51. The summed E-state index contributed by atoms with van der Waals surface area (Å²) in [6, 6.07) is 9.49. The Morgan fingerprint density at radius 3 is 2.61 bits per heavy atom. The van der Waals surface area contributed by atoms with Crippen molar-refractivity contribution in [3.05, 3.63) is 53.9 Å². The van der Waals surface area contributed by atoms with E-state index in [1.54, 1.807) is 23.4 Å². The number of amides is 2. The van der Waals surface area contributed by atoms with Crippen LogP contribution in [-0.2, 0) is 0 Å². The van der Waals surface area contributed by atoms with Gasteiger partial charge in [-0.25, -0.2) is 14.8 Å². The normalized spacial score (nSPS) is 14.4. The Kier molecular flexibility index (Phi) is 4.52. The summed E-state index contributed by atoms with van der Waals surface area (Å²) in [6.45, 7) is 1.35. The molecule has 2 aromatic rings. The first kappa shape index (κ1) is 15.0. The molecule has 0 bridgehead atoms. The van der Waals surface area contributed by atoms with Gasteiger partial charge in [0.25, 0.3) is 0 Å². The van der Waals surface area contributed by atoms with Gasteiger partial charge in [-0.3, -0.25) is 0 Å². The molecule has 0 radical (unpaired) electrons. The summed E-state index contributed by atoms with van der Waals surface area (Å²) in [4.78, 5) is 20.9. The smallest absolute Gasteiger partial charge is 0.321 e. The maximum Gasteiger partial charge on any atom is 0.321 e. The number of nitrogens with zero attached hydrogens (tertiary/aromatic N) is 3. The van der Waals surface area contributed by atoms with E-state index < -0.39 is 0 Å². The first-order valence-electron chi connectivity index (χ1n) is 7.49. The predicted molar refractivity (Wildman–Crippen MR) is 86.9 cm³/mol. The number of likely N-dealkylation sites (tertiary alicyclic amines) is 1. The Hall–Kier alpha value is -2.89. The third-order valence-electron chi connectivity index (χ3n) is 3.70. The number of urea groups is 1. The van der Waals surface area contributed by atoms with Crippen LogP contribution in [0.25, 0.3) is 6.08 Å². The molecule has 23 heavy (non-hydrogen) atoms. The van der Waals surface area contributed by atoms with Crippen LogP contribution in [0.5, 0.6) is 11.8 Å². The van der Waals surface area contributed by atoms with E-state index in [1.165, 1.54) is 5.57 Å². The van der Waals surface area contributed by atoms with Crippen molar-refractivity contribution in [1.29, 1.82) is 0 Å². The van der Waals surface area contributed by atoms with Gasteiger partial charge in [-0.15, -0.1) is 0 Å². The number of ether oxygens (including phenoxy) is 1. The highest BCUT2D eigenvalue weighted by molar-refractivity contribution is 5.72. The molecule has 0 atom stereocenters. The number of nitrogens with two attached hydrogens (primary N) is 1. The van der Waals surface area contributed by atoms with E-state index in [0.29, 0.717) is 24.8 Å². The van der Waals surface area contributed by atoms with E-state index in [1.807, 2.05) is 24.3 Å². The van der Waals surface area contributed by atoms with E-state index in [-0.39, 0.29) is 6.03 Å². The fourth-order valence-electron chi connectivity index (χ4n) is 2.51. The van der Waals surface area contributed by atoms with Crippen molar-refractivity contribution < 1.29 is 9.53 Å². The second kappa shape index (κ2) is 6.91. The molecule has 2 N–H and O–H groups in total. The Morgan fingerprint density at radius 2 is 1.91 bits per heavy atom. The average Bonchev–Trinajstić information content (AvgIpc) is 2.57. The minimum Gasteiger partial charge on any atom is -0.424 e. The first-order chi connectivity index (χ1) is 11.2. The molecule has 2 amide bonds. The number of benzene rings is 1. The number of carbonyl (C=O) groups is 1. The summed E-state index contributed by atoms with van der Waals surface area (Å²) < 4.78 is 5.64. The lowest BCUT2D eigenvalue weighted by atomic mass is 10.0. The van der Waals surface area contributed by atoms with E-state index in [4.69, 9.17) is 10.5 Å². The molecule has 118 valence electrons.